The molecular formula is C28H38N2O6. The second-order valence-electron chi connectivity index (χ2n) is 9.93. The largest absolute Gasteiger partial charge is 0.480 e. The highest BCUT2D eigenvalue weighted by Crippen LogP contribution is 2.18. The van der Waals surface area contributed by atoms with E-state index in [0.29, 0.717) is 5.92 Å². The maximum Gasteiger partial charge on any atom is 0.425 e. The second kappa shape index (κ2) is 13.1. The molecular weight excluding hydrogens is 460 g/mol. The smallest absolute Gasteiger partial charge is 0.425 e. The second-order valence-corrected chi connectivity index (χ2v) is 9.93. The molecule has 0 heterocycles. The summed E-state index contributed by atoms with van der Waals surface area (Å²) in [7, 11) is 0. The van der Waals surface area contributed by atoms with Crippen LogP contribution in [0.25, 0.3) is 0 Å². The van der Waals surface area contributed by atoms with Crippen molar-refractivity contribution in [1.29, 1.82) is 0 Å². The van der Waals surface area contributed by atoms with Crippen LogP contribution in [-0.2, 0) is 31.9 Å². The van der Waals surface area contributed by atoms with Crippen molar-refractivity contribution < 1.29 is 29.0 Å². The Labute approximate surface area is 213 Å². The van der Waals surface area contributed by atoms with Crippen LogP contribution in [0.4, 0.5) is 4.79 Å². The van der Waals surface area contributed by atoms with Crippen LogP contribution < -0.4 is 5.43 Å². The van der Waals surface area contributed by atoms with Crippen LogP contribution in [0.1, 0.15) is 64.2 Å². The molecule has 1 amide bonds. The lowest BCUT2D eigenvalue weighted by Crippen LogP contribution is -2.60. The Balaban J connectivity index is 2.41. The van der Waals surface area contributed by atoms with Gasteiger partial charge in [0.2, 0.25) is 0 Å². The Hall–Kier alpha value is -3.39. The van der Waals surface area contributed by atoms with Gasteiger partial charge in [-0.15, -0.1) is 0 Å². The molecule has 0 spiro atoms. The quantitative estimate of drug-likeness (QED) is 0.341. The normalized spacial score (nSPS) is 13.1. The Morgan fingerprint density at radius 1 is 0.944 bits per heavy atom. The van der Waals surface area contributed by atoms with Gasteiger partial charge in [0.15, 0.2) is 6.04 Å². The van der Waals surface area contributed by atoms with Gasteiger partial charge in [0.25, 0.3) is 0 Å². The first-order valence-electron chi connectivity index (χ1n) is 12.2. The minimum atomic E-state index is -1.20. The first-order valence-corrected chi connectivity index (χ1v) is 12.2. The van der Waals surface area contributed by atoms with Crippen LogP contribution in [0.5, 0.6) is 0 Å². The Morgan fingerprint density at radius 3 is 2.03 bits per heavy atom. The summed E-state index contributed by atoms with van der Waals surface area (Å²) in [6.07, 6.45) is -0.659. The topological polar surface area (TPSA) is 105 Å². The number of hydrogen-bond acceptors (Lipinski definition) is 6. The fraction of sp³-hybridized carbons (Fsp3) is 0.464. The summed E-state index contributed by atoms with van der Waals surface area (Å²) in [5.74, 6) is -1.48. The summed E-state index contributed by atoms with van der Waals surface area (Å²) in [5.41, 5.74) is 4.61. The summed E-state index contributed by atoms with van der Waals surface area (Å²) < 4.78 is 10.8. The van der Waals surface area contributed by atoms with Crippen molar-refractivity contribution in [1.82, 2.24) is 10.4 Å². The number of carboxylic acid groups (broad SMARTS) is 1. The van der Waals surface area contributed by atoms with Crippen molar-refractivity contribution in [3.05, 3.63) is 71.3 Å². The van der Waals surface area contributed by atoms with E-state index in [1.54, 1.807) is 27.7 Å². The predicted octanol–water partition coefficient (Wildman–Crippen LogP) is 4.72. The van der Waals surface area contributed by atoms with Gasteiger partial charge < -0.3 is 14.6 Å². The van der Waals surface area contributed by atoms with Gasteiger partial charge in [-0.2, -0.15) is 0 Å². The van der Waals surface area contributed by atoms with Crippen LogP contribution >= 0.6 is 0 Å². The van der Waals surface area contributed by atoms with E-state index in [0.717, 1.165) is 21.7 Å². The van der Waals surface area contributed by atoms with Gasteiger partial charge in [0.05, 0.1) is 6.61 Å². The Bertz CT molecular complexity index is 999. The number of carbonyl (C=O) groups excluding carboxylic acids is 2. The van der Waals surface area contributed by atoms with Crippen LogP contribution in [-0.4, -0.2) is 52.4 Å². The van der Waals surface area contributed by atoms with E-state index < -0.39 is 35.7 Å². The molecule has 2 rings (SSSR count). The molecule has 0 radical (unpaired) electrons. The van der Waals surface area contributed by atoms with Crippen molar-refractivity contribution in [2.75, 3.05) is 6.61 Å². The van der Waals surface area contributed by atoms with Crippen molar-refractivity contribution in [3.8, 4) is 0 Å². The molecule has 0 aromatic heterocycles. The van der Waals surface area contributed by atoms with E-state index in [2.05, 4.69) is 19.3 Å². The zero-order chi connectivity index (χ0) is 26.9. The lowest BCUT2D eigenvalue weighted by Gasteiger charge is -2.34. The van der Waals surface area contributed by atoms with E-state index in [4.69, 9.17) is 9.47 Å². The van der Waals surface area contributed by atoms with Crippen LogP contribution in [0.15, 0.2) is 54.6 Å². The van der Waals surface area contributed by atoms with E-state index in [9.17, 15) is 19.5 Å². The highest BCUT2D eigenvalue weighted by Gasteiger charge is 2.37. The number of benzene rings is 2. The van der Waals surface area contributed by atoms with E-state index in [-0.39, 0.29) is 19.4 Å². The fourth-order valence-electron chi connectivity index (χ4n) is 3.57. The van der Waals surface area contributed by atoms with Gasteiger partial charge in [-0.1, -0.05) is 68.4 Å². The predicted molar refractivity (Wildman–Crippen MR) is 137 cm³/mol. The van der Waals surface area contributed by atoms with Gasteiger partial charge in [0.1, 0.15) is 11.6 Å². The molecule has 8 heteroatoms. The molecule has 2 aromatic carbocycles. The molecule has 2 N–H and O–H groups in total. The lowest BCUT2D eigenvalue weighted by atomic mass is 9.99. The van der Waals surface area contributed by atoms with E-state index >= 15 is 0 Å². The highest BCUT2D eigenvalue weighted by molar-refractivity contribution is 5.82. The lowest BCUT2D eigenvalue weighted by molar-refractivity contribution is -0.153. The number of carbonyl (C=O) groups is 3. The number of esters is 1. The molecule has 0 fully saturated rings. The minimum absolute atomic E-state index is 0.0912. The number of hydrogen-bond donors (Lipinski definition) is 2. The van der Waals surface area contributed by atoms with Gasteiger partial charge >= 0.3 is 18.0 Å². The Morgan fingerprint density at radius 2 is 1.53 bits per heavy atom. The van der Waals surface area contributed by atoms with Gasteiger partial charge in [-0.25, -0.2) is 20.0 Å². The molecule has 0 aliphatic heterocycles. The first-order chi connectivity index (χ1) is 16.9. The Kier molecular flexibility index (Phi) is 10.5. The molecule has 2 aromatic rings. The number of ether oxygens (including phenoxy) is 2. The monoisotopic (exact) mass is 498 g/mol. The molecule has 0 bridgehead atoms. The standard InChI is InChI=1S/C28H38N2O6/c1-7-35-26(33)24(18-20-11-9-8-10-12-20)30(27(34)36-28(4,5)6)29-23(25(31)32)17-21-13-15-22(16-14-21)19(2)3/h8-16,19,23-24,29H,7,17-18H2,1-6H3,(H,31,32)/t23-,24-/m0/s1. The molecule has 8 nitrogen and oxygen atoms in total. The summed E-state index contributed by atoms with van der Waals surface area (Å²) in [5, 5.41) is 11.0. The number of rotatable bonds is 11. The van der Waals surface area contributed by atoms with E-state index in [1.807, 2.05) is 54.6 Å². The molecule has 0 aliphatic rings. The number of carboxylic acids is 1. The third kappa shape index (κ3) is 9.00. The van der Waals surface area contributed by atoms with Crippen LogP contribution in [0.2, 0.25) is 0 Å². The van der Waals surface area contributed by atoms with Gasteiger partial charge in [-0.3, -0.25) is 4.79 Å². The maximum absolute atomic E-state index is 13.3. The third-order valence-electron chi connectivity index (χ3n) is 5.41. The average molecular weight is 499 g/mol. The highest BCUT2D eigenvalue weighted by atomic mass is 16.6. The number of nitrogens with zero attached hydrogens (tertiary/aromatic N) is 1. The maximum atomic E-state index is 13.3. The molecule has 2 atom stereocenters. The SMILES string of the molecule is CCOC(=O)[C@H](Cc1ccccc1)N(N[C@@H](Cc1ccc(C(C)C)cc1)C(=O)O)C(=O)OC(C)(C)C. The van der Waals surface area contributed by atoms with Crippen LogP contribution in [0.3, 0.4) is 0 Å². The van der Waals surface area contributed by atoms with Gasteiger partial charge in [0, 0.05) is 12.8 Å². The molecule has 0 aliphatic carbocycles. The molecule has 0 unspecified atom stereocenters. The number of hydrazine groups is 1. The molecule has 0 saturated carbocycles. The summed E-state index contributed by atoms with van der Waals surface area (Å²) in [6.45, 7) is 11.0. The number of aliphatic carboxylic acids is 1. The summed E-state index contributed by atoms with van der Waals surface area (Å²) in [4.78, 5) is 38.5. The van der Waals surface area contributed by atoms with E-state index in [1.165, 1.54) is 0 Å². The zero-order valence-electron chi connectivity index (χ0n) is 22.0. The number of amides is 1. The van der Waals surface area contributed by atoms with Crippen molar-refractivity contribution >= 4 is 18.0 Å². The van der Waals surface area contributed by atoms with Crippen LogP contribution in [0, 0.1) is 0 Å². The molecule has 36 heavy (non-hydrogen) atoms. The zero-order valence-corrected chi connectivity index (χ0v) is 22.0. The summed E-state index contributed by atoms with van der Waals surface area (Å²) in [6, 6.07) is 14.5. The minimum Gasteiger partial charge on any atom is -0.480 e. The first kappa shape index (κ1) is 28.8. The third-order valence-corrected chi connectivity index (χ3v) is 5.41. The fourth-order valence-corrected chi connectivity index (χ4v) is 3.57. The van der Waals surface area contributed by atoms with Crippen molar-refractivity contribution in [2.24, 2.45) is 0 Å². The average Bonchev–Trinajstić information content (AvgIpc) is 2.80. The van der Waals surface area contributed by atoms with Gasteiger partial charge in [-0.05, 0) is 50.3 Å². The van der Waals surface area contributed by atoms with Crippen molar-refractivity contribution in [2.45, 2.75) is 78.0 Å². The molecule has 0 saturated heterocycles. The molecule has 196 valence electrons. The van der Waals surface area contributed by atoms with Crippen molar-refractivity contribution in [3.63, 3.8) is 0 Å². The number of nitrogens with one attached hydrogen (secondary N) is 1. The summed E-state index contributed by atoms with van der Waals surface area (Å²) >= 11 is 0.